The Bertz CT molecular complexity index is 555. The average Bonchev–Trinajstić information content (AvgIpc) is 2.68. The third kappa shape index (κ3) is 2.10. The maximum Gasteiger partial charge on any atom is 0.120 e. The van der Waals surface area contributed by atoms with Crippen LogP contribution in [0.1, 0.15) is 26.3 Å². The van der Waals surface area contributed by atoms with Crippen LogP contribution in [0.5, 0.6) is 5.75 Å². The average molecular weight is 246 g/mol. The highest BCUT2D eigenvalue weighted by Crippen LogP contribution is 2.33. The van der Waals surface area contributed by atoms with Crippen molar-refractivity contribution in [3.05, 3.63) is 30.0 Å². The first-order valence-corrected chi connectivity index (χ1v) is 6.42. The first kappa shape index (κ1) is 13.0. The Balaban J connectivity index is 2.63. The normalized spacial score (nSPS) is 12.1. The standard InChI is InChI=1S/C15H22N2O/c1-5-18-11-6-7-14-12(8-11)13(9-17(14)4)15(2,3)10-16/h6-9H,5,10,16H2,1-4H3. The molecule has 0 saturated heterocycles. The molecule has 0 aliphatic heterocycles. The van der Waals surface area contributed by atoms with Crippen LogP contribution in [-0.2, 0) is 12.5 Å². The monoisotopic (exact) mass is 246 g/mol. The summed E-state index contributed by atoms with van der Waals surface area (Å²) in [6, 6.07) is 6.24. The van der Waals surface area contributed by atoms with Crippen LogP contribution in [0.4, 0.5) is 0 Å². The Hall–Kier alpha value is -1.48. The predicted octanol–water partition coefficient (Wildman–Crippen LogP) is 2.81. The lowest BCUT2D eigenvalue weighted by atomic mass is 9.84. The lowest BCUT2D eigenvalue weighted by Crippen LogP contribution is -2.27. The summed E-state index contributed by atoms with van der Waals surface area (Å²) >= 11 is 0. The van der Waals surface area contributed by atoms with Crippen LogP contribution in [0.15, 0.2) is 24.4 Å². The SMILES string of the molecule is CCOc1ccc2c(c1)c(C(C)(C)CN)cn2C. The van der Waals surface area contributed by atoms with E-state index in [1.165, 1.54) is 16.5 Å². The number of hydrogen-bond acceptors (Lipinski definition) is 2. The second-order valence-electron chi connectivity index (χ2n) is 5.35. The van der Waals surface area contributed by atoms with Crippen molar-refractivity contribution in [2.75, 3.05) is 13.2 Å². The van der Waals surface area contributed by atoms with Gasteiger partial charge in [-0.1, -0.05) is 13.8 Å². The number of nitrogens with two attached hydrogens (primary N) is 1. The van der Waals surface area contributed by atoms with Crippen molar-refractivity contribution < 1.29 is 4.74 Å². The number of rotatable bonds is 4. The van der Waals surface area contributed by atoms with E-state index in [9.17, 15) is 0 Å². The van der Waals surface area contributed by atoms with Crippen LogP contribution in [0.3, 0.4) is 0 Å². The molecule has 18 heavy (non-hydrogen) atoms. The maximum absolute atomic E-state index is 5.89. The Morgan fingerprint density at radius 1 is 1.33 bits per heavy atom. The van der Waals surface area contributed by atoms with Crippen LogP contribution in [0.25, 0.3) is 10.9 Å². The van der Waals surface area contributed by atoms with Crippen LogP contribution in [0, 0.1) is 0 Å². The summed E-state index contributed by atoms with van der Waals surface area (Å²) in [5, 5.41) is 1.24. The first-order valence-electron chi connectivity index (χ1n) is 6.42. The van der Waals surface area contributed by atoms with Gasteiger partial charge in [-0.05, 0) is 30.7 Å². The van der Waals surface area contributed by atoms with Gasteiger partial charge >= 0.3 is 0 Å². The Labute approximate surface area is 109 Å². The number of benzene rings is 1. The molecule has 0 unspecified atom stereocenters. The summed E-state index contributed by atoms with van der Waals surface area (Å²) in [6.07, 6.45) is 2.17. The van der Waals surface area contributed by atoms with Gasteiger partial charge in [0, 0.05) is 36.1 Å². The van der Waals surface area contributed by atoms with Gasteiger partial charge in [0.15, 0.2) is 0 Å². The molecule has 1 aromatic heterocycles. The molecule has 0 radical (unpaired) electrons. The molecule has 0 atom stereocenters. The van der Waals surface area contributed by atoms with Crippen molar-refractivity contribution in [3.8, 4) is 5.75 Å². The zero-order chi connectivity index (χ0) is 13.3. The quantitative estimate of drug-likeness (QED) is 0.901. The van der Waals surface area contributed by atoms with E-state index in [1.807, 2.05) is 13.0 Å². The molecule has 2 N–H and O–H groups in total. The summed E-state index contributed by atoms with van der Waals surface area (Å²) in [6.45, 7) is 7.67. The molecule has 98 valence electrons. The molecule has 1 heterocycles. The minimum atomic E-state index is -0.0235. The van der Waals surface area contributed by atoms with E-state index in [1.54, 1.807) is 0 Å². The highest BCUT2D eigenvalue weighted by atomic mass is 16.5. The van der Waals surface area contributed by atoms with Gasteiger partial charge in [0.05, 0.1) is 6.61 Å². The van der Waals surface area contributed by atoms with Crippen molar-refractivity contribution >= 4 is 10.9 Å². The van der Waals surface area contributed by atoms with Gasteiger partial charge in [0.1, 0.15) is 5.75 Å². The van der Waals surface area contributed by atoms with E-state index in [-0.39, 0.29) is 5.41 Å². The first-order chi connectivity index (χ1) is 8.49. The maximum atomic E-state index is 5.89. The van der Waals surface area contributed by atoms with Gasteiger partial charge in [-0.15, -0.1) is 0 Å². The summed E-state index contributed by atoms with van der Waals surface area (Å²) in [7, 11) is 2.07. The van der Waals surface area contributed by atoms with Gasteiger partial charge in [-0.3, -0.25) is 0 Å². The molecular formula is C15H22N2O. The van der Waals surface area contributed by atoms with Crippen molar-refractivity contribution in [1.82, 2.24) is 4.57 Å². The van der Waals surface area contributed by atoms with Gasteiger partial charge in [-0.25, -0.2) is 0 Å². The van der Waals surface area contributed by atoms with Gasteiger partial charge in [-0.2, -0.15) is 0 Å². The van der Waals surface area contributed by atoms with Gasteiger partial charge in [0.2, 0.25) is 0 Å². The third-order valence-corrected chi connectivity index (χ3v) is 3.51. The van der Waals surface area contributed by atoms with Crippen molar-refractivity contribution in [2.45, 2.75) is 26.2 Å². The van der Waals surface area contributed by atoms with E-state index in [0.717, 1.165) is 5.75 Å². The Morgan fingerprint density at radius 3 is 2.67 bits per heavy atom. The fraction of sp³-hybridized carbons (Fsp3) is 0.467. The van der Waals surface area contributed by atoms with Crippen LogP contribution >= 0.6 is 0 Å². The van der Waals surface area contributed by atoms with Crippen molar-refractivity contribution in [3.63, 3.8) is 0 Å². The molecule has 0 aliphatic carbocycles. The second-order valence-corrected chi connectivity index (χ2v) is 5.35. The van der Waals surface area contributed by atoms with E-state index in [0.29, 0.717) is 13.2 Å². The van der Waals surface area contributed by atoms with Gasteiger partial charge in [0.25, 0.3) is 0 Å². The molecule has 0 amide bonds. The number of nitrogens with zero attached hydrogens (tertiary/aromatic N) is 1. The topological polar surface area (TPSA) is 40.2 Å². The molecule has 3 nitrogen and oxygen atoms in total. The predicted molar refractivity (Wildman–Crippen MR) is 76.2 cm³/mol. The molecule has 0 fully saturated rings. The third-order valence-electron chi connectivity index (χ3n) is 3.51. The minimum Gasteiger partial charge on any atom is -0.494 e. The van der Waals surface area contributed by atoms with Gasteiger partial charge < -0.3 is 15.0 Å². The van der Waals surface area contributed by atoms with E-state index in [4.69, 9.17) is 10.5 Å². The van der Waals surface area contributed by atoms with E-state index in [2.05, 4.69) is 43.8 Å². The molecular weight excluding hydrogens is 224 g/mol. The van der Waals surface area contributed by atoms with Crippen molar-refractivity contribution in [1.29, 1.82) is 0 Å². The summed E-state index contributed by atoms with van der Waals surface area (Å²) in [4.78, 5) is 0. The smallest absolute Gasteiger partial charge is 0.120 e. The molecule has 0 spiro atoms. The number of ether oxygens (including phenoxy) is 1. The molecule has 0 aliphatic rings. The number of aromatic nitrogens is 1. The fourth-order valence-electron chi connectivity index (χ4n) is 2.28. The molecule has 2 rings (SSSR count). The zero-order valence-electron chi connectivity index (χ0n) is 11.7. The fourth-order valence-corrected chi connectivity index (χ4v) is 2.28. The lowest BCUT2D eigenvalue weighted by Gasteiger charge is -2.22. The summed E-state index contributed by atoms with van der Waals surface area (Å²) in [5.74, 6) is 0.922. The molecule has 0 bridgehead atoms. The lowest BCUT2D eigenvalue weighted by molar-refractivity contribution is 0.340. The van der Waals surface area contributed by atoms with E-state index >= 15 is 0 Å². The molecule has 1 aromatic carbocycles. The minimum absolute atomic E-state index is 0.0235. The number of hydrogen-bond donors (Lipinski definition) is 1. The van der Waals surface area contributed by atoms with Crippen LogP contribution < -0.4 is 10.5 Å². The van der Waals surface area contributed by atoms with Crippen LogP contribution in [0.2, 0.25) is 0 Å². The highest BCUT2D eigenvalue weighted by Gasteiger charge is 2.23. The Kier molecular flexibility index (Phi) is 3.35. The van der Waals surface area contributed by atoms with Crippen molar-refractivity contribution in [2.24, 2.45) is 12.8 Å². The highest BCUT2D eigenvalue weighted by molar-refractivity contribution is 5.86. The number of fused-ring (bicyclic) bond motifs is 1. The summed E-state index contributed by atoms with van der Waals surface area (Å²) in [5.41, 5.74) is 8.37. The molecule has 3 heteroatoms. The second kappa shape index (κ2) is 4.65. The van der Waals surface area contributed by atoms with Crippen LogP contribution in [-0.4, -0.2) is 17.7 Å². The van der Waals surface area contributed by atoms with E-state index < -0.39 is 0 Å². The Morgan fingerprint density at radius 2 is 2.06 bits per heavy atom. The zero-order valence-corrected chi connectivity index (χ0v) is 11.7. The number of aryl methyl sites for hydroxylation is 1. The molecule has 2 aromatic rings. The largest absolute Gasteiger partial charge is 0.494 e. The summed E-state index contributed by atoms with van der Waals surface area (Å²) < 4.78 is 7.73. The molecule has 0 saturated carbocycles.